The lowest BCUT2D eigenvalue weighted by molar-refractivity contribution is -0.138. The summed E-state index contributed by atoms with van der Waals surface area (Å²) >= 11 is 11.8. The molecular formula is C20H25Cl2F2N3O2. The first kappa shape index (κ1) is 22.2. The molecule has 2 aliphatic rings. The van der Waals surface area contributed by atoms with Crippen molar-refractivity contribution in [2.24, 2.45) is 5.41 Å². The summed E-state index contributed by atoms with van der Waals surface area (Å²) in [7, 11) is 0. The zero-order chi connectivity index (χ0) is 21.6. The van der Waals surface area contributed by atoms with E-state index in [1.165, 1.54) is 23.1 Å². The number of carbonyl (C=O) groups is 2. The fourth-order valence-corrected chi connectivity index (χ4v) is 4.48. The predicted octanol–water partition coefficient (Wildman–Crippen LogP) is 3.74. The molecule has 0 aromatic heterocycles. The average molecular weight is 448 g/mol. The summed E-state index contributed by atoms with van der Waals surface area (Å²) in [5, 5.41) is 6.09. The van der Waals surface area contributed by atoms with Gasteiger partial charge in [0.15, 0.2) is 0 Å². The van der Waals surface area contributed by atoms with Gasteiger partial charge in [0.2, 0.25) is 5.91 Å². The number of amides is 2. The van der Waals surface area contributed by atoms with Crippen molar-refractivity contribution < 1.29 is 18.4 Å². The standard InChI is InChI=1S/C20H25Cl2F2N3O2/c1-18(2,3)26-16(28)10-27-5-4-19(20(23,24)11-27)9-15(19)25-17(29)12-6-13(21)8-14(22)7-12/h6-8,15H,4-5,9-11H2,1-3H3,(H,25,29)(H,26,28). The third kappa shape index (κ3) is 5.01. The van der Waals surface area contributed by atoms with Gasteiger partial charge in [0, 0.05) is 27.2 Å². The lowest BCUT2D eigenvalue weighted by Gasteiger charge is -2.39. The third-order valence-corrected chi connectivity index (χ3v) is 5.85. The van der Waals surface area contributed by atoms with Gasteiger partial charge in [-0.1, -0.05) is 23.2 Å². The molecule has 1 saturated carbocycles. The van der Waals surface area contributed by atoms with Crippen molar-refractivity contribution in [3.8, 4) is 0 Å². The number of benzene rings is 1. The van der Waals surface area contributed by atoms with Crippen LogP contribution >= 0.6 is 23.2 Å². The van der Waals surface area contributed by atoms with Gasteiger partial charge in [-0.25, -0.2) is 8.78 Å². The largest absolute Gasteiger partial charge is 0.350 e. The highest BCUT2D eigenvalue weighted by atomic mass is 35.5. The van der Waals surface area contributed by atoms with Crippen LogP contribution in [0.25, 0.3) is 0 Å². The highest BCUT2D eigenvalue weighted by molar-refractivity contribution is 6.35. The van der Waals surface area contributed by atoms with Gasteiger partial charge < -0.3 is 10.6 Å². The number of halogens is 4. The predicted molar refractivity (Wildman–Crippen MR) is 109 cm³/mol. The summed E-state index contributed by atoms with van der Waals surface area (Å²) in [6, 6.07) is 3.78. The van der Waals surface area contributed by atoms with Crippen LogP contribution in [0.2, 0.25) is 10.0 Å². The molecule has 1 heterocycles. The maximum Gasteiger partial charge on any atom is 0.268 e. The van der Waals surface area contributed by atoms with E-state index in [-0.39, 0.29) is 30.9 Å². The molecule has 160 valence electrons. The maximum atomic E-state index is 14.9. The van der Waals surface area contributed by atoms with Gasteiger partial charge in [-0.05, 0) is 58.4 Å². The van der Waals surface area contributed by atoms with E-state index in [2.05, 4.69) is 10.6 Å². The van der Waals surface area contributed by atoms with E-state index in [1.807, 2.05) is 20.8 Å². The normalized spacial score (nSPS) is 26.2. The van der Waals surface area contributed by atoms with Crippen molar-refractivity contribution in [2.45, 2.75) is 51.1 Å². The van der Waals surface area contributed by atoms with E-state index in [0.717, 1.165) is 0 Å². The fourth-order valence-electron chi connectivity index (χ4n) is 3.96. The van der Waals surface area contributed by atoms with Crippen molar-refractivity contribution >= 4 is 35.0 Å². The Morgan fingerprint density at radius 1 is 1.21 bits per heavy atom. The molecule has 29 heavy (non-hydrogen) atoms. The van der Waals surface area contributed by atoms with E-state index in [4.69, 9.17) is 23.2 Å². The molecule has 1 aromatic carbocycles. The molecule has 2 unspecified atom stereocenters. The van der Waals surface area contributed by atoms with Crippen molar-refractivity contribution in [1.29, 1.82) is 0 Å². The van der Waals surface area contributed by atoms with E-state index in [0.29, 0.717) is 16.6 Å². The van der Waals surface area contributed by atoms with Crippen LogP contribution in [0.15, 0.2) is 18.2 Å². The SMILES string of the molecule is CC(C)(C)NC(=O)CN1CCC2(CC2NC(=O)c2cc(Cl)cc(Cl)c2)C(F)(F)C1. The molecule has 3 rings (SSSR count). The smallest absolute Gasteiger partial charge is 0.268 e. The minimum atomic E-state index is -3.00. The van der Waals surface area contributed by atoms with Gasteiger partial charge in [0.25, 0.3) is 11.8 Å². The number of piperidine rings is 1. The van der Waals surface area contributed by atoms with Crippen molar-refractivity contribution in [3.05, 3.63) is 33.8 Å². The minimum Gasteiger partial charge on any atom is -0.350 e. The quantitative estimate of drug-likeness (QED) is 0.738. The first-order valence-electron chi connectivity index (χ1n) is 9.49. The Labute approximate surface area is 179 Å². The van der Waals surface area contributed by atoms with E-state index in [1.54, 1.807) is 0 Å². The number of hydrogen-bond donors (Lipinski definition) is 2. The van der Waals surface area contributed by atoms with Crippen LogP contribution in [0.1, 0.15) is 44.0 Å². The highest BCUT2D eigenvalue weighted by Crippen LogP contribution is 2.61. The van der Waals surface area contributed by atoms with Gasteiger partial charge in [-0.3, -0.25) is 14.5 Å². The number of nitrogens with one attached hydrogen (secondary N) is 2. The van der Waals surface area contributed by atoms with Crippen LogP contribution < -0.4 is 10.6 Å². The number of nitrogens with zero attached hydrogens (tertiary/aromatic N) is 1. The molecule has 2 amide bonds. The third-order valence-electron chi connectivity index (χ3n) is 5.41. The second-order valence-electron chi connectivity index (χ2n) is 9.01. The molecule has 1 spiro atoms. The van der Waals surface area contributed by atoms with E-state index in [9.17, 15) is 18.4 Å². The second-order valence-corrected chi connectivity index (χ2v) is 9.88. The summed E-state index contributed by atoms with van der Waals surface area (Å²) < 4.78 is 29.9. The molecule has 0 bridgehead atoms. The van der Waals surface area contributed by atoms with Gasteiger partial charge in [0.1, 0.15) is 0 Å². The zero-order valence-corrected chi connectivity index (χ0v) is 18.1. The van der Waals surface area contributed by atoms with Crippen molar-refractivity contribution in [1.82, 2.24) is 15.5 Å². The number of rotatable bonds is 4. The van der Waals surface area contributed by atoms with Gasteiger partial charge >= 0.3 is 0 Å². The molecule has 1 saturated heterocycles. The van der Waals surface area contributed by atoms with E-state index >= 15 is 0 Å². The Bertz CT molecular complexity index is 808. The number of hydrogen-bond acceptors (Lipinski definition) is 3. The fraction of sp³-hybridized carbons (Fsp3) is 0.600. The molecule has 9 heteroatoms. The number of likely N-dealkylation sites (tertiary alicyclic amines) is 1. The molecule has 1 aliphatic carbocycles. The van der Waals surface area contributed by atoms with Crippen molar-refractivity contribution in [2.75, 3.05) is 19.6 Å². The molecule has 1 aromatic rings. The lowest BCUT2D eigenvalue weighted by atomic mass is 9.88. The Hall–Kier alpha value is -1.44. The Morgan fingerprint density at radius 3 is 2.38 bits per heavy atom. The summed E-state index contributed by atoms with van der Waals surface area (Å²) in [6.07, 6.45) is 0.423. The van der Waals surface area contributed by atoms with Gasteiger partial charge in [0.05, 0.1) is 18.5 Å². The molecule has 0 radical (unpaired) electrons. The molecule has 2 N–H and O–H groups in total. The highest BCUT2D eigenvalue weighted by Gasteiger charge is 2.71. The molecule has 2 fully saturated rings. The second kappa shape index (κ2) is 7.67. The molecule has 1 aliphatic heterocycles. The van der Waals surface area contributed by atoms with Crippen LogP contribution in [0.5, 0.6) is 0 Å². The van der Waals surface area contributed by atoms with Gasteiger partial charge in [-0.15, -0.1) is 0 Å². The monoisotopic (exact) mass is 447 g/mol. The van der Waals surface area contributed by atoms with Crippen LogP contribution in [0, 0.1) is 5.41 Å². The Balaban J connectivity index is 1.60. The lowest BCUT2D eigenvalue weighted by Crippen LogP contribution is -2.55. The summed E-state index contributed by atoms with van der Waals surface area (Å²) in [5.74, 6) is -3.75. The number of carbonyl (C=O) groups excluding carboxylic acids is 2. The van der Waals surface area contributed by atoms with Crippen LogP contribution in [0.3, 0.4) is 0 Å². The minimum absolute atomic E-state index is 0.0685. The summed E-state index contributed by atoms with van der Waals surface area (Å²) in [5.41, 5.74) is -1.43. The topological polar surface area (TPSA) is 61.4 Å². The molecule has 5 nitrogen and oxygen atoms in total. The van der Waals surface area contributed by atoms with Crippen LogP contribution in [-0.4, -0.2) is 53.9 Å². The zero-order valence-electron chi connectivity index (χ0n) is 16.6. The number of alkyl halides is 2. The first-order valence-corrected chi connectivity index (χ1v) is 10.3. The Kier molecular flexibility index (Phi) is 5.89. The summed E-state index contributed by atoms with van der Waals surface area (Å²) in [6.45, 7) is 5.34. The maximum absolute atomic E-state index is 14.9. The summed E-state index contributed by atoms with van der Waals surface area (Å²) in [4.78, 5) is 26.0. The van der Waals surface area contributed by atoms with Crippen LogP contribution in [-0.2, 0) is 4.79 Å². The molecule has 2 atom stereocenters. The molecular weight excluding hydrogens is 423 g/mol. The van der Waals surface area contributed by atoms with Gasteiger partial charge in [-0.2, -0.15) is 0 Å². The van der Waals surface area contributed by atoms with E-state index < -0.39 is 35.4 Å². The van der Waals surface area contributed by atoms with Crippen LogP contribution in [0.4, 0.5) is 8.78 Å². The first-order chi connectivity index (χ1) is 13.3. The Morgan fingerprint density at radius 2 is 1.83 bits per heavy atom. The van der Waals surface area contributed by atoms with Crippen molar-refractivity contribution in [3.63, 3.8) is 0 Å². The average Bonchev–Trinajstić information content (AvgIpc) is 3.22.